The van der Waals surface area contributed by atoms with Crippen molar-refractivity contribution in [2.75, 3.05) is 24.6 Å². The number of H-pyrrole nitrogens is 1. The molecule has 2 aliphatic rings. The number of halogens is 2. The van der Waals surface area contributed by atoms with Gasteiger partial charge in [-0.3, -0.25) is 9.89 Å². The van der Waals surface area contributed by atoms with Crippen molar-refractivity contribution in [2.45, 2.75) is 32.2 Å². The van der Waals surface area contributed by atoms with Crippen molar-refractivity contribution in [1.82, 2.24) is 30.1 Å². The average molecular weight is 574 g/mol. The van der Waals surface area contributed by atoms with Gasteiger partial charge >= 0.3 is 0 Å². The van der Waals surface area contributed by atoms with Crippen LogP contribution in [-0.2, 0) is 0 Å². The number of pyridine rings is 2. The second-order valence-electron chi connectivity index (χ2n) is 11.3. The number of nitrogens with one attached hydrogen (secondary N) is 2. The van der Waals surface area contributed by atoms with E-state index < -0.39 is 17.3 Å². The van der Waals surface area contributed by atoms with Crippen LogP contribution in [0.25, 0.3) is 27.7 Å². The van der Waals surface area contributed by atoms with Crippen LogP contribution < -0.4 is 15.0 Å². The third kappa shape index (κ3) is 4.46. The summed E-state index contributed by atoms with van der Waals surface area (Å²) in [7, 11) is 0. The van der Waals surface area contributed by atoms with Gasteiger partial charge in [0, 0.05) is 36.0 Å². The number of aromatic amines is 1. The Bertz CT molecular complexity index is 1750. The van der Waals surface area contributed by atoms with Gasteiger partial charge in [-0.2, -0.15) is 5.10 Å². The summed E-state index contributed by atoms with van der Waals surface area (Å²) in [6.45, 7) is 6.26. The zero-order valence-electron chi connectivity index (χ0n) is 22.7. The first-order chi connectivity index (χ1) is 19.8. The standard InChI is InChI=1S/C30H29ClFN7O2/c1-3-41-20-9-21(27-22-13-34-36-28(22)37-39(27)16-20)17-7-8-25(33-12-17)38-14-18-10-30(2,11-19(18)15-38)35-29(40)26-23(31)5-4-6-24(26)32/h4-9,12-13,16,18-19H,3,10-11,14-15H2,1-2H3,(H,35,40)(H,36,37)/t18-,19?,30+/m0/s1. The van der Waals surface area contributed by atoms with Crippen molar-refractivity contribution >= 4 is 39.9 Å². The SMILES string of the molecule is CCOc1cc(-c2ccc(N3CC4C[C@](C)(NC(=O)c5c(F)cccc5Cl)C[C@H]4C3)nc2)c2c3cn[nH]c3nn2c1. The van der Waals surface area contributed by atoms with Gasteiger partial charge in [-0.15, -0.1) is 5.10 Å². The number of rotatable bonds is 6. The molecule has 1 saturated carbocycles. The van der Waals surface area contributed by atoms with E-state index >= 15 is 0 Å². The molecular formula is C30H29ClFN7O2. The molecule has 11 heteroatoms. The summed E-state index contributed by atoms with van der Waals surface area (Å²) in [5.41, 5.74) is 3.09. The van der Waals surface area contributed by atoms with Gasteiger partial charge in [0.25, 0.3) is 5.91 Å². The fraction of sp³-hybridized carbons (Fsp3) is 0.333. The highest BCUT2D eigenvalue weighted by molar-refractivity contribution is 6.33. The molecule has 1 aromatic carbocycles. The zero-order valence-corrected chi connectivity index (χ0v) is 23.5. The van der Waals surface area contributed by atoms with Crippen molar-refractivity contribution < 1.29 is 13.9 Å². The molecule has 1 amide bonds. The van der Waals surface area contributed by atoms with Gasteiger partial charge in [-0.1, -0.05) is 17.7 Å². The molecule has 9 nitrogen and oxygen atoms in total. The first-order valence-electron chi connectivity index (χ1n) is 13.8. The van der Waals surface area contributed by atoms with E-state index in [2.05, 4.69) is 37.6 Å². The van der Waals surface area contributed by atoms with E-state index in [-0.39, 0.29) is 10.6 Å². The predicted molar refractivity (Wildman–Crippen MR) is 155 cm³/mol. The molecular weight excluding hydrogens is 545 g/mol. The molecule has 4 aromatic heterocycles. The summed E-state index contributed by atoms with van der Waals surface area (Å²) in [6.07, 6.45) is 7.19. The second kappa shape index (κ2) is 9.73. The van der Waals surface area contributed by atoms with E-state index in [9.17, 15) is 9.18 Å². The van der Waals surface area contributed by atoms with Crippen LogP contribution in [0.5, 0.6) is 5.75 Å². The maximum absolute atomic E-state index is 14.3. The summed E-state index contributed by atoms with van der Waals surface area (Å²) in [6, 6.07) is 10.5. The molecule has 1 aliphatic heterocycles. The molecule has 0 bridgehead atoms. The lowest BCUT2D eigenvalue weighted by Gasteiger charge is -2.29. The second-order valence-corrected chi connectivity index (χ2v) is 11.7. The molecule has 5 aromatic rings. The number of benzene rings is 1. The van der Waals surface area contributed by atoms with Crippen molar-refractivity contribution in [3.05, 3.63) is 71.4 Å². The van der Waals surface area contributed by atoms with Crippen LogP contribution in [-0.4, -0.2) is 55.9 Å². The summed E-state index contributed by atoms with van der Waals surface area (Å²) >= 11 is 6.12. The molecule has 7 rings (SSSR count). The van der Waals surface area contributed by atoms with Gasteiger partial charge in [0.2, 0.25) is 0 Å². The number of carbonyl (C=O) groups is 1. The van der Waals surface area contributed by atoms with Gasteiger partial charge in [0.1, 0.15) is 17.4 Å². The minimum atomic E-state index is -0.606. The largest absolute Gasteiger partial charge is 0.492 e. The Hall–Kier alpha value is -4.18. The fourth-order valence-electron chi connectivity index (χ4n) is 6.72. The number of fused-ring (bicyclic) bond motifs is 4. The Labute approximate surface area is 240 Å². The van der Waals surface area contributed by atoms with Crippen LogP contribution >= 0.6 is 11.6 Å². The highest BCUT2D eigenvalue weighted by Gasteiger charge is 2.48. The molecule has 1 unspecified atom stereocenters. The number of ether oxygens (including phenoxy) is 1. The van der Waals surface area contributed by atoms with Gasteiger partial charge in [-0.05, 0) is 68.9 Å². The van der Waals surface area contributed by atoms with E-state index in [1.54, 1.807) is 6.20 Å². The van der Waals surface area contributed by atoms with Gasteiger partial charge in [0.05, 0.1) is 40.5 Å². The third-order valence-electron chi connectivity index (χ3n) is 8.40. The Morgan fingerprint density at radius 2 is 2.02 bits per heavy atom. The predicted octanol–water partition coefficient (Wildman–Crippen LogP) is 5.50. The number of carbonyl (C=O) groups excluding carboxylic acids is 1. The minimum Gasteiger partial charge on any atom is -0.492 e. The molecule has 2 N–H and O–H groups in total. The molecule has 2 fully saturated rings. The first kappa shape index (κ1) is 25.8. The minimum absolute atomic E-state index is 0.0909. The molecule has 210 valence electrons. The van der Waals surface area contributed by atoms with Crippen LogP contribution in [0, 0.1) is 17.7 Å². The van der Waals surface area contributed by atoms with Crippen LogP contribution in [0.3, 0.4) is 0 Å². The van der Waals surface area contributed by atoms with Crippen LogP contribution in [0.15, 0.2) is 55.0 Å². The van der Waals surface area contributed by atoms with Crippen molar-refractivity contribution in [3.63, 3.8) is 0 Å². The summed E-state index contributed by atoms with van der Waals surface area (Å²) in [5.74, 6) is 1.40. The lowest BCUT2D eigenvalue weighted by molar-refractivity contribution is 0.0901. The molecule has 5 heterocycles. The van der Waals surface area contributed by atoms with E-state index in [4.69, 9.17) is 21.3 Å². The van der Waals surface area contributed by atoms with Crippen LogP contribution in [0.1, 0.15) is 37.0 Å². The fourth-order valence-corrected chi connectivity index (χ4v) is 6.97. The molecule has 0 radical (unpaired) electrons. The first-order valence-corrected chi connectivity index (χ1v) is 14.2. The molecule has 41 heavy (non-hydrogen) atoms. The molecule has 3 atom stereocenters. The lowest BCUT2D eigenvalue weighted by atomic mass is 9.97. The maximum atomic E-state index is 14.3. The molecule has 1 aliphatic carbocycles. The van der Waals surface area contributed by atoms with Crippen LogP contribution in [0.2, 0.25) is 5.02 Å². The highest BCUT2D eigenvalue weighted by atomic mass is 35.5. The number of amides is 1. The highest BCUT2D eigenvalue weighted by Crippen LogP contribution is 2.45. The average Bonchev–Trinajstić information content (AvgIpc) is 3.68. The number of anilines is 1. The van der Waals surface area contributed by atoms with Gasteiger partial charge in [0.15, 0.2) is 5.65 Å². The van der Waals surface area contributed by atoms with Gasteiger partial charge < -0.3 is 15.0 Å². The smallest absolute Gasteiger partial charge is 0.256 e. The van der Waals surface area contributed by atoms with Crippen molar-refractivity contribution in [2.24, 2.45) is 11.8 Å². The van der Waals surface area contributed by atoms with Crippen molar-refractivity contribution in [1.29, 1.82) is 0 Å². The van der Waals surface area contributed by atoms with E-state index in [0.717, 1.165) is 59.5 Å². The Kier molecular flexibility index (Phi) is 6.11. The summed E-state index contributed by atoms with van der Waals surface area (Å²) < 4.78 is 21.9. The molecule has 1 saturated heterocycles. The lowest BCUT2D eigenvalue weighted by Crippen LogP contribution is -2.45. The number of hydrogen-bond donors (Lipinski definition) is 2. The maximum Gasteiger partial charge on any atom is 0.256 e. The normalized spacial score (nSPS) is 22.0. The van der Waals surface area contributed by atoms with E-state index in [1.165, 1.54) is 18.2 Å². The summed E-state index contributed by atoms with van der Waals surface area (Å²) in [4.78, 5) is 20.1. The monoisotopic (exact) mass is 573 g/mol. The number of aromatic nitrogens is 5. The molecule has 0 spiro atoms. The third-order valence-corrected chi connectivity index (χ3v) is 8.72. The topological polar surface area (TPSA) is 100 Å². The summed E-state index contributed by atoms with van der Waals surface area (Å²) in [5, 5.41) is 15.8. The number of hydrogen-bond acceptors (Lipinski definition) is 6. The number of nitrogens with zero attached hydrogens (tertiary/aromatic N) is 5. The zero-order chi connectivity index (χ0) is 28.3. The van der Waals surface area contributed by atoms with Crippen LogP contribution in [0.4, 0.5) is 10.2 Å². The Morgan fingerprint density at radius 3 is 2.73 bits per heavy atom. The van der Waals surface area contributed by atoms with E-state index in [1.807, 2.05) is 36.8 Å². The quantitative estimate of drug-likeness (QED) is 0.278. The van der Waals surface area contributed by atoms with E-state index in [0.29, 0.717) is 24.1 Å². The Balaban J connectivity index is 1.08. The Morgan fingerprint density at radius 1 is 1.22 bits per heavy atom. The van der Waals surface area contributed by atoms with Crippen molar-refractivity contribution in [3.8, 4) is 16.9 Å². The van der Waals surface area contributed by atoms with Gasteiger partial charge in [-0.25, -0.2) is 13.9 Å².